The maximum absolute atomic E-state index is 12.1. The molecule has 1 fully saturated rings. The highest BCUT2D eigenvalue weighted by Gasteiger charge is 2.20. The summed E-state index contributed by atoms with van der Waals surface area (Å²) in [6, 6.07) is 0.427. The monoisotopic (exact) mass is 401 g/mol. The summed E-state index contributed by atoms with van der Waals surface area (Å²) >= 11 is 1.22. The van der Waals surface area contributed by atoms with E-state index in [1.54, 1.807) is 6.26 Å². The molecule has 26 heavy (non-hydrogen) atoms. The molecule has 1 saturated heterocycles. The van der Waals surface area contributed by atoms with E-state index >= 15 is 0 Å². The minimum atomic E-state index is -0.124. The van der Waals surface area contributed by atoms with Crippen LogP contribution in [0.15, 0.2) is 30.4 Å². The summed E-state index contributed by atoms with van der Waals surface area (Å²) in [6.45, 7) is 10.4. The first kappa shape index (κ1) is 22.5. The first-order valence-electron chi connectivity index (χ1n) is 8.59. The lowest BCUT2D eigenvalue weighted by Crippen LogP contribution is -2.27. The van der Waals surface area contributed by atoms with Crippen molar-refractivity contribution in [2.45, 2.75) is 40.2 Å². The Morgan fingerprint density at radius 3 is 2.88 bits per heavy atom. The minimum Gasteiger partial charge on any atom is -0.478 e. The van der Waals surface area contributed by atoms with E-state index in [9.17, 15) is 4.79 Å². The Kier molecular flexibility index (Phi) is 9.69. The second-order valence-corrected chi connectivity index (χ2v) is 7.52. The fourth-order valence-electron chi connectivity index (χ4n) is 2.12. The highest BCUT2D eigenvalue weighted by Crippen LogP contribution is 2.22. The molecule has 8 heteroatoms. The molecule has 2 rings (SSSR count). The van der Waals surface area contributed by atoms with Gasteiger partial charge in [-0.1, -0.05) is 37.3 Å². The van der Waals surface area contributed by atoms with Crippen LogP contribution in [0, 0.1) is 5.92 Å². The van der Waals surface area contributed by atoms with Gasteiger partial charge in [-0.2, -0.15) is 0 Å². The number of aromatic nitrogens is 1. The summed E-state index contributed by atoms with van der Waals surface area (Å²) in [4.78, 5) is 18.9. The molecule has 0 bridgehead atoms. The van der Waals surface area contributed by atoms with Gasteiger partial charge in [-0.05, 0) is 26.2 Å². The molecule has 1 aliphatic heterocycles. The zero-order valence-electron chi connectivity index (χ0n) is 15.7. The largest absolute Gasteiger partial charge is 0.478 e. The molecule has 0 unspecified atom stereocenters. The van der Waals surface area contributed by atoms with Crippen LogP contribution >= 0.6 is 23.7 Å². The van der Waals surface area contributed by atoms with Crippen LogP contribution in [-0.4, -0.2) is 41.7 Å². The molecule has 0 atom stereocenters. The van der Waals surface area contributed by atoms with E-state index < -0.39 is 0 Å². The lowest BCUT2D eigenvalue weighted by molar-refractivity contribution is 0.0958. The summed E-state index contributed by atoms with van der Waals surface area (Å²) in [5, 5.41) is 3.31. The van der Waals surface area contributed by atoms with Crippen LogP contribution in [0.2, 0.25) is 0 Å². The van der Waals surface area contributed by atoms with Gasteiger partial charge >= 0.3 is 0 Å². The van der Waals surface area contributed by atoms with Gasteiger partial charge in [0, 0.05) is 12.6 Å². The average Bonchev–Trinajstić information content (AvgIpc) is 3.21. The number of carbonyl (C=O) groups is 1. The Hall–Kier alpha value is -1.57. The van der Waals surface area contributed by atoms with Crippen LogP contribution in [0.1, 0.15) is 43.8 Å². The number of ether oxygens (including phenoxy) is 2. The van der Waals surface area contributed by atoms with Crippen molar-refractivity contribution in [1.29, 1.82) is 0 Å². The first-order valence-corrected chi connectivity index (χ1v) is 9.40. The number of halogens is 1. The van der Waals surface area contributed by atoms with Crippen molar-refractivity contribution in [3.63, 3.8) is 0 Å². The third-order valence-corrected chi connectivity index (χ3v) is 4.51. The van der Waals surface area contributed by atoms with Crippen molar-refractivity contribution < 1.29 is 14.3 Å². The molecule has 146 valence electrons. The predicted octanol–water partition coefficient (Wildman–Crippen LogP) is 3.82. The SMILES string of the molecule is CC(C)/C=C/CCNC(=O)c1cnc(OC=C2CN(C(C)C)CO2)s1.Cl. The Morgan fingerprint density at radius 2 is 2.23 bits per heavy atom. The summed E-state index contributed by atoms with van der Waals surface area (Å²) in [5.41, 5.74) is 0. The molecular formula is C18H28ClN3O3S. The van der Waals surface area contributed by atoms with Crippen molar-refractivity contribution in [3.05, 3.63) is 35.2 Å². The number of allylic oxidation sites excluding steroid dienone is 1. The van der Waals surface area contributed by atoms with Gasteiger partial charge in [0.2, 0.25) is 0 Å². The third kappa shape index (κ3) is 7.35. The zero-order valence-corrected chi connectivity index (χ0v) is 17.4. The minimum absolute atomic E-state index is 0. The summed E-state index contributed by atoms with van der Waals surface area (Å²) in [6.07, 6.45) is 8.14. The predicted molar refractivity (Wildman–Crippen MR) is 107 cm³/mol. The van der Waals surface area contributed by atoms with Crippen LogP contribution < -0.4 is 10.1 Å². The van der Waals surface area contributed by atoms with Crippen molar-refractivity contribution in [2.24, 2.45) is 5.92 Å². The number of nitrogens with zero attached hydrogens (tertiary/aromatic N) is 2. The van der Waals surface area contributed by atoms with Crippen molar-refractivity contribution >= 4 is 29.7 Å². The van der Waals surface area contributed by atoms with E-state index in [0.29, 0.717) is 35.3 Å². The Morgan fingerprint density at radius 1 is 1.46 bits per heavy atom. The highest BCUT2D eigenvalue weighted by molar-refractivity contribution is 7.15. The Bertz CT molecular complexity index is 629. The number of carbonyl (C=O) groups excluding carboxylic acids is 1. The van der Waals surface area contributed by atoms with E-state index in [1.807, 2.05) is 0 Å². The lowest BCUT2D eigenvalue weighted by Gasteiger charge is -2.15. The molecule has 0 spiro atoms. The van der Waals surface area contributed by atoms with Gasteiger partial charge < -0.3 is 14.8 Å². The molecule has 0 saturated carbocycles. The molecule has 1 N–H and O–H groups in total. The highest BCUT2D eigenvalue weighted by atomic mass is 35.5. The quantitative estimate of drug-likeness (QED) is 0.407. The number of thiazole rings is 1. The first-order chi connectivity index (χ1) is 12.0. The number of amides is 1. The smallest absolute Gasteiger partial charge is 0.278 e. The second-order valence-electron chi connectivity index (χ2n) is 6.52. The van der Waals surface area contributed by atoms with Crippen LogP contribution in [-0.2, 0) is 4.74 Å². The van der Waals surface area contributed by atoms with Gasteiger partial charge in [0.15, 0.2) is 0 Å². The molecule has 0 aliphatic carbocycles. The molecule has 1 aromatic heterocycles. The van der Waals surface area contributed by atoms with Crippen LogP contribution in [0.25, 0.3) is 0 Å². The van der Waals surface area contributed by atoms with Crippen LogP contribution in [0.5, 0.6) is 5.19 Å². The zero-order chi connectivity index (χ0) is 18.2. The maximum atomic E-state index is 12.1. The molecule has 6 nitrogen and oxygen atoms in total. The molecular weight excluding hydrogens is 374 g/mol. The Balaban J connectivity index is 0.00000338. The van der Waals surface area contributed by atoms with Crippen molar-refractivity contribution in [2.75, 3.05) is 19.8 Å². The lowest BCUT2D eigenvalue weighted by atomic mass is 10.2. The fraction of sp³-hybridized carbons (Fsp3) is 0.556. The van der Waals surface area contributed by atoms with Crippen molar-refractivity contribution in [1.82, 2.24) is 15.2 Å². The Labute approximate surface area is 165 Å². The van der Waals surface area contributed by atoms with Gasteiger partial charge in [-0.25, -0.2) is 4.98 Å². The molecule has 1 aromatic rings. The number of hydrogen-bond acceptors (Lipinski definition) is 6. The molecule has 2 heterocycles. The van der Waals surface area contributed by atoms with E-state index in [2.05, 4.69) is 55.0 Å². The summed E-state index contributed by atoms with van der Waals surface area (Å²) < 4.78 is 11.1. The van der Waals surface area contributed by atoms with Gasteiger partial charge in [0.1, 0.15) is 23.6 Å². The van der Waals surface area contributed by atoms with Crippen LogP contribution in [0.3, 0.4) is 0 Å². The number of hydrogen-bond donors (Lipinski definition) is 1. The number of nitrogens with one attached hydrogen (secondary N) is 1. The van der Waals surface area contributed by atoms with E-state index in [-0.39, 0.29) is 18.3 Å². The molecule has 0 aromatic carbocycles. The summed E-state index contributed by atoms with van der Waals surface area (Å²) in [7, 11) is 0. The van der Waals surface area contributed by atoms with E-state index in [0.717, 1.165) is 18.7 Å². The average molecular weight is 402 g/mol. The van der Waals surface area contributed by atoms with Crippen molar-refractivity contribution in [3.8, 4) is 5.19 Å². The van der Waals surface area contributed by atoms with E-state index in [1.165, 1.54) is 17.5 Å². The normalized spacial score (nSPS) is 16.3. The summed E-state index contributed by atoms with van der Waals surface area (Å²) in [5.74, 6) is 1.18. The fourth-order valence-corrected chi connectivity index (χ4v) is 2.78. The van der Waals surface area contributed by atoms with Crippen LogP contribution in [0.4, 0.5) is 0 Å². The van der Waals surface area contributed by atoms with Gasteiger partial charge in [0.25, 0.3) is 11.1 Å². The van der Waals surface area contributed by atoms with Gasteiger partial charge in [-0.3, -0.25) is 9.69 Å². The number of rotatable bonds is 8. The third-order valence-electron chi connectivity index (χ3n) is 3.62. The maximum Gasteiger partial charge on any atom is 0.278 e. The van der Waals surface area contributed by atoms with E-state index in [4.69, 9.17) is 9.47 Å². The van der Waals surface area contributed by atoms with Gasteiger partial charge in [0.05, 0.1) is 12.7 Å². The molecule has 0 radical (unpaired) electrons. The molecule has 1 amide bonds. The molecule has 1 aliphatic rings. The standard InChI is InChI=1S/C18H27N3O3S.ClH/c1-13(2)7-5-6-8-19-17(22)16-9-20-18(25-16)23-11-15-10-21(12-24-15)14(3)4;/h5,7,9,11,13-14H,6,8,10,12H2,1-4H3,(H,19,22);1H/b7-5+,15-11?;. The van der Waals surface area contributed by atoms with Gasteiger partial charge in [-0.15, -0.1) is 12.4 Å². The topological polar surface area (TPSA) is 63.7 Å². The second kappa shape index (κ2) is 11.2.